The van der Waals surface area contributed by atoms with Crippen LogP contribution < -0.4 is 5.32 Å². The molecule has 1 amide bonds. The maximum absolute atomic E-state index is 12.1. The Morgan fingerprint density at radius 1 is 1.12 bits per heavy atom. The lowest BCUT2D eigenvalue weighted by Crippen LogP contribution is -2.30. The second kappa shape index (κ2) is 8.04. The molecule has 0 aliphatic carbocycles. The van der Waals surface area contributed by atoms with Crippen molar-refractivity contribution in [1.29, 1.82) is 0 Å². The van der Waals surface area contributed by atoms with Gasteiger partial charge in [0.15, 0.2) is 6.10 Å². The van der Waals surface area contributed by atoms with Crippen LogP contribution in [0.3, 0.4) is 0 Å². The minimum absolute atomic E-state index is 0.00918. The van der Waals surface area contributed by atoms with Gasteiger partial charge in [0.2, 0.25) is 0 Å². The fourth-order valence-corrected chi connectivity index (χ4v) is 2.41. The first-order chi connectivity index (χ1) is 11.4. The van der Waals surface area contributed by atoms with Crippen LogP contribution in [0.2, 0.25) is 10.0 Å². The molecule has 2 aromatic rings. The molecule has 5 nitrogen and oxygen atoms in total. The maximum Gasteiger partial charge on any atom is 0.311 e. The number of rotatable bonds is 5. The molecule has 0 aromatic heterocycles. The zero-order valence-electron chi connectivity index (χ0n) is 12.8. The van der Waals surface area contributed by atoms with Gasteiger partial charge in [-0.15, -0.1) is 0 Å². The molecule has 7 heteroatoms. The molecule has 2 rings (SSSR count). The first-order valence-corrected chi connectivity index (χ1v) is 7.84. The molecule has 0 fully saturated rings. The highest BCUT2D eigenvalue weighted by atomic mass is 35.5. The third-order valence-corrected chi connectivity index (χ3v) is 3.80. The van der Waals surface area contributed by atoms with Crippen molar-refractivity contribution in [3.8, 4) is 5.75 Å². The van der Waals surface area contributed by atoms with Gasteiger partial charge in [-0.1, -0.05) is 41.4 Å². The summed E-state index contributed by atoms with van der Waals surface area (Å²) in [5.41, 5.74) is 0.937. The number of esters is 1. The lowest BCUT2D eigenvalue weighted by atomic mass is 10.1. The van der Waals surface area contributed by atoms with E-state index in [1.54, 1.807) is 30.3 Å². The highest BCUT2D eigenvalue weighted by Gasteiger charge is 2.20. The second-order valence-electron chi connectivity index (χ2n) is 5.06. The fourth-order valence-electron chi connectivity index (χ4n) is 1.91. The summed E-state index contributed by atoms with van der Waals surface area (Å²) in [6.45, 7) is 1.45. The van der Waals surface area contributed by atoms with E-state index in [9.17, 15) is 14.7 Å². The summed E-state index contributed by atoms with van der Waals surface area (Å²) >= 11 is 12.0. The Kier molecular flexibility index (Phi) is 6.06. The van der Waals surface area contributed by atoms with Crippen LogP contribution in [-0.4, -0.2) is 23.1 Å². The third-order valence-electron chi connectivity index (χ3n) is 3.17. The van der Waals surface area contributed by atoms with E-state index >= 15 is 0 Å². The average molecular weight is 368 g/mol. The van der Waals surface area contributed by atoms with Gasteiger partial charge in [-0.3, -0.25) is 9.59 Å². The number of amides is 1. The van der Waals surface area contributed by atoms with Crippen LogP contribution in [0.1, 0.15) is 12.5 Å². The Morgan fingerprint density at radius 2 is 1.71 bits per heavy atom. The monoisotopic (exact) mass is 367 g/mol. The van der Waals surface area contributed by atoms with Crippen LogP contribution in [0, 0.1) is 0 Å². The van der Waals surface area contributed by atoms with Gasteiger partial charge >= 0.3 is 5.97 Å². The summed E-state index contributed by atoms with van der Waals surface area (Å²) in [7, 11) is 0. The second-order valence-corrected chi connectivity index (χ2v) is 5.88. The Bertz CT molecular complexity index is 727. The normalized spacial score (nSPS) is 11.6. The van der Waals surface area contributed by atoms with Crippen LogP contribution in [0.15, 0.2) is 42.5 Å². The van der Waals surface area contributed by atoms with Crippen molar-refractivity contribution in [2.75, 3.05) is 5.32 Å². The van der Waals surface area contributed by atoms with Crippen LogP contribution in [0.4, 0.5) is 5.69 Å². The highest BCUT2D eigenvalue weighted by molar-refractivity contribution is 6.39. The predicted molar refractivity (Wildman–Crippen MR) is 92.5 cm³/mol. The minimum atomic E-state index is -1.01. The first kappa shape index (κ1) is 18.1. The van der Waals surface area contributed by atoms with Gasteiger partial charge in [0, 0.05) is 0 Å². The summed E-state index contributed by atoms with van der Waals surface area (Å²) in [6, 6.07) is 11.0. The molecule has 0 saturated heterocycles. The number of para-hydroxylation sites is 1. The highest BCUT2D eigenvalue weighted by Crippen LogP contribution is 2.29. The molecule has 126 valence electrons. The lowest BCUT2D eigenvalue weighted by molar-refractivity contribution is -0.152. The smallest absolute Gasteiger partial charge is 0.311 e. The zero-order valence-corrected chi connectivity index (χ0v) is 14.3. The molecule has 2 aromatic carbocycles. The van der Waals surface area contributed by atoms with E-state index in [0.717, 1.165) is 0 Å². The number of anilines is 1. The molecule has 0 radical (unpaired) electrons. The van der Waals surface area contributed by atoms with Crippen molar-refractivity contribution in [2.24, 2.45) is 0 Å². The first-order valence-electron chi connectivity index (χ1n) is 7.09. The van der Waals surface area contributed by atoms with Gasteiger partial charge in [-0.2, -0.15) is 0 Å². The molecule has 0 unspecified atom stereocenters. The largest absolute Gasteiger partial charge is 0.508 e. The number of phenols is 1. The van der Waals surface area contributed by atoms with Gasteiger partial charge in [-0.25, -0.2) is 0 Å². The molecule has 0 bridgehead atoms. The number of nitrogens with one attached hydrogen (secondary N) is 1. The standard InChI is InChI=1S/C17H15Cl2NO4/c1-10(17(23)20-16-13(18)3-2-4-14(16)19)24-15(22)9-11-5-7-12(21)8-6-11/h2-8,10,21H,9H2,1H3,(H,20,23)/t10-/m1/s1. The molecule has 0 heterocycles. The van der Waals surface area contributed by atoms with Gasteiger partial charge < -0.3 is 15.2 Å². The summed E-state index contributed by atoms with van der Waals surface area (Å²) in [6.07, 6.45) is -1.02. The van der Waals surface area contributed by atoms with E-state index in [1.165, 1.54) is 19.1 Å². The molecule has 0 saturated carbocycles. The number of hydrogen-bond donors (Lipinski definition) is 2. The van der Waals surface area contributed by atoms with Crippen molar-refractivity contribution in [3.05, 3.63) is 58.1 Å². The Balaban J connectivity index is 1.93. The van der Waals surface area contributed by atoms with E-state index in [1.807, 2.05) is 0 Å². The SMILES string of the molecule is C[C@@H](OC(=O)Cc1ccc(O)cc1)C(=O)Nc1c(Cl)cccc1Cl. The number of benzene rings is 2. The quantitative estimate of drug-likeness (QED) is 0.787. The van der Waals surface area contributed by atoms with Crippen molar-refractivity contribution >= 4 is 40.8 Å². The van der Waals surface area contributed by atoms with Crippen molar-refractivity contribution in [3.63, 3.8) is 0 Å². The number of ether oxygens (including phenoxy) is 1. The topological polar surface area (TPSA) is 75.6 Å². The van der Waals surface area contributed by atoms with Gasteiger partial charge in [0.25, 0.3) is 5.91 Å². The van der Waals surface area contributed by atoms with E-state index in [-0.39, 0.29) is 17.9 Å². The molecule has 24 heavy (non-hydrogen) atoms. The third kappa shape index (κ3) is 4.88. The zero-order chi connectivity index (χ0) is 17.7. The van der Waals surface area contributed by atoms with E-state index in [0.29, 0.717) is 15.6 Å². The number of carbonyl (C=O) groups is 2. The number of carbonyl (C=O) groups excluding carboxylic acids is 2. The summed E-state index contributed by atoms with van der Waals surface area (Å²) in [4.78, 5) is 24.0. The number of aromatic hydroxyl groups is 1. The fraction of sp³-hybridized carbons (Fsp3) is 0.176. The lowest BCUT2D eigenvalue weighted by Gasteiger charge is -2.15. The average Bonchev–Trinajstić information content (AvgIpc) is 2.53. The van der Waals surface area contributed by atoms with Crippen LogP contribution in [-0.2, 0) is 20.7 Å². The molecule has 1 atom stereocenters. The van der Waals surface area contributed by atoms with E-state index in [4.69, 9.17) is 27.9 Å². The molecular formula is C17H15Cl2NO4. The van der Waals surface area contributed by atoms with Gasteiger partial charge in [-0.05, 0) is 36.8 Å². The van der Waals surface area contributed by atoms with Gasteiger partial charge in [0.1, 0.15) is 5.75 Å². The van der Waals surface area contributed by atoms with Crippen LogP contribution in [0.5, 0.6) is 5.75 Å². The van der Waals surface area contributed by atoms with E-state index in [2.05, 4.69) is 5.32 Å². The molecule has 0 spiro atoms. The molecule has 2 N–H and O–H groups in total. The summed E-state index contributed by atoms with van der Waals surface area (Å²) < 4.78 is 5.10. The molecule has 0 aliphatic rings. The predicted octanol–water partition coefficient (Wildman–Crippen LogP) is 3.81. The van der Waals surface area contributed by atoms with E-state index < -0.39 is 18.0 Å². The van der Waals surface area contributed by atoms with Crippen molar-refractivity contribution in [2.45, 2.75) is 19.4 Å². The summed E-state index contributed by atoms with van der Waals surface area (Å²) in [5.74, 6) is -0.992. The maximum atomic E-state index is 12.1. The van der Waals surface area contributed by atoms with Crippen LogP contribution >= 0.6 is 23.2 Å². The minimum Gasteiger partial charge on any atom is -0.508 e. The Hall–Kier alpha value is -2.24. The number of halogens is 2. The number of phenolic OH excluding ortho intramolecular Hbond substituents is 1. The molecular weight excluding hydrogens is 353 g/mol. The number of hydrogen-bond acceptors (Lipinski definition) is 4. The summed E-state index contributed by atoms with van der Waals surface area (Å²) in [5, 5.41) is 12.3. The van der Waals surface area contributed by atoms with Crippen molar-refractivity contribution < 1.29 is 19.4 Å². The molecule has 0 aliphatic heterocycles. The Labute approximate surface area is 149 Å². The Morgan fingerprint density at radius 3 is 2.29 bits per heavy atom. The van der Waals surface area contributed by atoms with Crippen molar-refractivity contribution in [1.82, 2.24) is 0 Å². The van der Waals surface area contributed by atoms with Gasteiger partial charge in [0.05, 0.1) is 22.2 Å². The van der Waals surface area contributed by atoms with Crippen LogP contribution in [0.25, 0.3) is 0 Å².